The standard InChI is InChI=1S/C24H40N4O2.HI/c1-3-25-24(26-13-7-16-29-19-22-12-17-30-20-22)27(2)18-21-8-10-23(11-9-21)28-14-5-4-6-15-28;/h8-11,22H,3-7,12-20H2,1-2H3,(H,25,26);1H. The SMILES string of the molecule is CCNC(=NCCCOCC1CCOC1)N(C)Cc1ccc(N2CCCCC2)cc1.I. The van der Waals surface area contributed by atoms with Crippen LogP contribution in [0.5, 0.6) is 0 Å². The predicted molar refractivity (Wildman–Crippen MR) is 140 cm³/mol. The van der Waals surface area contributed by atoms with Crippen LogP contribution in [0.3, 0.4) is 0 Å². The summed E-state index contributed by atoms with van der Waals surface area (Å²) in [5.41, 5.74) is 2.66. The quantitative estimate of drug-likeness (QED) is 0.208. The van der Waals surface area contributed by atoms with Gasteiger partial charge in [0.15, 0.2) is 5.96 Å². The summed E-state index contributed by atoms with van der Waals surface area (Å²) in [6.07, 6.45) is 6.07. The van der Waals surface area contributed by atoms with Gasteiger partial charge in [0, 0.05) is 64.6 Å². The zero-order valence-corrected chi connectivity index (χ0v) is 21.7. The minimum absolute atomic E-state index is 0. The maximum Gasteiger partial charge on any atom is 0.193 e. The number of anilines is 1. The fourth-order valence-corrected chi connectivity index (χ4v) is 4.10. The van der Waals surface area contributed by atoms with Crippen LogP contribution in [0.1, 0.15) is 44.6 Å². The smallest absolute Gasteiger partial charge is 0.193 e. The molecule has 1 N–H and O–H groups in total. The van der Waals surface area contributed by atoms with Crippen molar-refractivity contribution in [1.82, 2.24) is 10.2 Å². The average molecular weight is 545 g/mol. The molecule has 0 aromatic heterocycles. The third kappa shape index (κ3) is 9.14. The third-order valence-electron chi connectivity index (χ3n) is 5.86. The van der Waals surface area contributed by atoms with Crippen LogP contribution in [0.15, 0.2) is 29.3 Å². The summed E-state index contributed by atoms with van der Waals surface area (Å²) in [5.74, 6) is 1.54. The topological polar surface area (TPSA) is 49.3 Å². The van der Waals surface area contributed by atoms with Crippen molar-refractivity contribution < 1.29 is 9.47 Å². The molecular weight excluding hydrogens is 503 g/mol. The van der Waals surface area contributed by atoms with Gasteiger partial charge in [0.05, 0.1) is 13.2 Å². The Morgan fingerprint density at radius 3 is 2.68 bits per heavy atom. The van der Waals surface area contributed by atoms with Gasteiger partial charge in [-0.2, -0.15) is 0 Å². The normalized spacial score (nSPS) is 19.2. The van der Waals surface area contributed by atoms with E-state index in [2.05, 4.69) is 53.4 Å². The zero-order chi connectivity index (χ0) is 21.0. The summed E-state index contributed by atoms with van der Waals surface area (Å²) in [4.78, 5) is 9.50. The average Bonchev–Trinajstić information content (AvgIpc) is 3.30. The first-order valence-electron chi connectivity index (χ1n) is 11.7. The van der Waals surface area contributed by atoms with E-state index in [0.717, 1.165) is 64.9 Å². The second kappa shape index (κ2) is 14.9. The second-order valence-corrected chi connectivity index (χ2v) is 8.46. The van der Waals surface area contributed by atoms with Crippen molar-refractivity contribution in [3.05, 3.63) is 29.8 Å². The third-order valence-corrected chi connectivity index (χ3v) is 5.86. The maximum absolute atomic E-state index is 5.79. The molecule has 3 rings (SSSR count). The number of nitrogens with one attached hydrogen (secondary N) is 1. The van der Waals surface area contributed by atoms with E-state index in [9.17, 15) is 0 Å². The Morgan fingerprint density at radius 1 is 1.23 bits per heavy atom. The Balaban J connectivity index is 0.00000341. The Kier molecular flexibility index (Phi) is 12.6. The minimum atomic E-state index is 0. The first kappa shape index (κ1) is 26.2. The molecule has 1 atom stereocenters. The van der Waals surface area contributed by atoms with Gasteiger partial charge in [0.25, 0.3) is 0 Å². The fourth-order valence-electron chi connectivity index (χ4n) is 4.10. The largest absolute Gasteiger partial charge is 0.381 e. The Bertz CT molecular complexity index is 629. The van der Waals surface area contributed by atoms with Crippen LogP contribution in [0.2, 0.25) is 0 Å². The van der Waals surface area contributed by atoms with Crippen LogP contribution in [-0.4, -0.2) is 70.5 Å². The summed E-state index contributed by atoms with van der Waals surface area (Å²) in [6, 6.07) is 9.05. The molecular formula is C24H41IN4O2. The van der Waals surface area contributed by atoms with Gasteiger partial charge in [0.1, 0.15) is 0 Å². The lowest BCUT2D eigenvalue weighted by molar-refractivity contribution is 0.0893. The van der Waals surface area contributed by atoms with Crippen LogP contribution in [0, 0.1) is 5.92 Å². The van der Waals surface area contributed by atoms with E-state index in [1.54, 1.807) is 0 Å². The molecule has 2 aliphatic heterocycles. The van der Waals surface area contributed by atoms with Gasteiger partial charge in [0.2, 0.25) is 0 Å². The molecule has 1 aromatic rings. The number of aliphatic imine (C=N–C) groups is 1. The van der Waals surface area contributed by atoms with Crippen molar-refractivity contribution >= 4 is 35.6 Å². The molecule has 0 saturated carbocycles. The van der Waals surface area contributed by atoms with Gasteiger partial charge in [-0.05, 0) is 56.7 Å². The maximum atomic E-state index is 5.79. The molecule has 2 fully saturated rings. The molecule has 2 aliphatic rings. The van der Waals surface area contributed by atoms with Crippen molar-refractivity contribution in [2.24, 2.45) is 10.9 Å². The molecule has 0 bridgehead atoms. The molecule has 0 spiro atoms. The molecule has 2 saturated heterocycles. The van der Waals surface area contributed by atoms with Crippen molar-refractivity contribution in [3.63, 3.8) is 0 Å². The van der Waals surface area contributed by atoms with Gasteiger partial charge in [-0.15, -0.1) is 24.0 Å². The molecule has 0 radical (unpaired) electrons. The number of benzene rings is 1. The summed E-state index contributed by atoms with van der Waals surface area (Å²) in [5, 5.41) is 3.41. The predicted octanol–water partition coefficient (Wildman–Crippen LogP) is 4.14. The Hall–Kier alpha value is -1.06. The van der Waals surface area contributed by atoms with E-state index < -0.39 is 0 Å². The van der Waals surface area contributed by atoms with E-state index >= 15 is 0 Å². The minimum Gasteiger partial charge on any atom is -0.381 e. The van der Waals surface area contributed by atoms with Crippen LogP contribution in [0.4, 0.5) is 5.69 Å². The first-order valence-corrected chi connectivity index (χ1v) is 11.7. The van der Waals surface area contributed by atoms with Gasteiger partial charge < -0.3 is 24.6 Å². The van der Waals surface area contributed by atoms with Crippen LogP contribution < -0.4 is 10.2 Å². The van der Waals surface area contributed by atoms with Crippen molar-refractivity contribution in [1.29, 1.82) is 0 Å². The number of guanidine groups is 1. The van der Waals surface area contributed by atoms with Crippen LogP contribution in [-0.2, 0) is 16.0 Å². The summed E-state index contributed by atoms with van der Waals surface area (Å²) < 4.78 is 11.2. The summed E-state index contributed by atoms with van der Waals surface area (Å²) in [7, 11) is 2.11. The molecule has 0 amide bonds. The summed E-state index contributed by atoms with van der Waals surface area (Å²) >= 11 is 0. The number of piperidine rings is 1. The first-order chi connectivity index (χ1) is 14.8. The lowest BCUT2D eigenvalue weighted by atomic mass is 10.1. The number of rotatable bonds is 10. The molecule has 2 heterocycles. The highest BCUT2D eigenvalue weighted by Crippen LogP contribution is 2.20. The molecule has 1 aromatic carbocycles. The lowest BCUT2D eigenvalue weighted by Gasteiger charge is -2.29. The zero-order valence-electron chi connectivity index (χ0n) is 19.4. The number of hydrogen-bond acceptors (Lipinski definition) is 4. The number of halogens is 1. The number of nitrogens with zero attached hydrogens (tertiary/aromatic N) is 3. The monoisotopic (exact) mass is 544 g/mol. The van der Waals surface area contributed by atoms with Crippen molar-refractivity contribution in [3.8, 4) is 0 Å². The van der Waals surface area contributed by atoms with Crippen LogP contribution >= 0.6 is 24.0 Å². The fraction of sp³-hybridized carbons (Fsp3) is 0.708. The van der Waals surface area contributed by atoms with Crippen LogP contribution in [0.25, 0.3) is 0 Å². The molecule has 176 valence electrons. The number of ether oxygens (including phenoxy) is 2. The Labute approximate surface area is 205 Å². The van der Waals surface area contributed by atoms with Crippen molar-refractivity contribution in [2.45, 2.75) is 45.6 Å². The van der Waals surface area contributed by atoms with Gasteiger partial charge in [-0.25, -0.2) is 0 Å². The highest BCUT2D eigenvalue weighted by molar-refractivity contribution is 14.0. The van der Waals surface area contributed by atoms with Crippen molar-refractivity contribution in [2.75, 3.05) is 64.6 Å². The molecule has 0 aliphatic carbocycles. The Morgan fingerprint density at radius 2 is 2.00 bits per heavy atom. The molecule has 6 nitrogen and oxygen atoms in total. The van der Waals surface area contributed by atoms with E-state index in [4.69, 9.17) is 14.5 Å². The lowest BCUT2D eigenvalue weighted by Crippen LogP contribution is -2.38. The van der Waals surface area contributed by atoms with E-state index in [1.165, 1.54) is 43.6 Å². The number of hydrogen-bond donors (Lipinski definition) is 1. The highest BCUT2D eigenvalue weighted by atomic mass is 127. The van der Waals surface area contributed by atoms with Gasteiger partial charge in [-0.3, -0.25) is 4.99 Å². The van der Waals surface area contributed by atoms with E-state index in [1.807, 2.05) is 0 Å². The second-order valence-electron chi connectivity index (χ2n) is 8.46. The summed E-state index contributed by atoms with van der Waals surface area (Å²) in [6.45, 7) is 10.3. The van der Waals surface area contributed by atoms with Gasteiger partial charge in [-0.1, -0.05) is 12.1 Å². The van der Waals surface area contributed by atoms with E-state index in [0.29, 0.717) is 5.92 Å². The molecule has 7 heteroatoms. The molecule has 31 heavy (non-hydrogen) atoms. The highest BCUT2D eigenvalue weighted by Gasteiger charge is 2.15. The molecule has 1 unspecified atom stereocenters. The van der Waals surface area contributed by atoms with E-state index in [-0.39, 0.29) is 24.0 Å². The van der Waals surface area contributed by atoms with Gasteiger partial charge >= 0.3 is 0 Å².